The van der Waals surface area contributed by atoms with Crippen LogP contribution >= 0.6 is 11.6 Å². The number of likely N-dealkylation sites (N-methyl/N-ethyl adjacent to an activating group) is 1. The molecule has 0 bridgehead atoms. The molecule has 1 aliphatic heterocycles. The lowest BCUT2D eigenvalue weighted by molar-refractivity contribution is 0.0929. The second-order valence-electron chi connectivity index (χ2n) is 7.93. The summed E-state index contributed by atoms with van der Waals surface area (Å²) in [6.45, 7) is 7.01. The van der Waals surface area contributed by atoms with E-state index in [2.05, 4.69) is 24.1 Å². The summed E-state index contributed by atoms with van der Waals surface area (Å²) in [5, 5.41) is 3.06. The summed E-state index contributed by atoms with van der Waals surface area (Å²) in [6, 6.07) is 8.03. The molecule has 0 spiro atoms. The summed E-state index contributed by atoms with van der Waals surface area (Å²) in [4.78, 5) is 15.1. The van der Waals surface area contributed by atoms with Crippen molar-refractivity contribution >= 4 is 27.5 Å². The molecule has 1 amide bonds. The van der Waals surface area contributed by atoms with Crippen molar-refractivity contribution in [2.75, 3.05) is 32.7 Å². The van der Waals surface area contributed by atoms with Crippen molar-refractivity contribution in [1.82, 2.24) is 14.5 Å². The van der Waals surface area contributed by atoms with Crippen LogP contribution in [-0.4, -0.2) is 56.3 Å². The molecule has 1 aromatic carbocycles. The van der Waals surface area contributed by atoms with Crippen LogP contribution in [0.5, 0.6) is 0 Å². The van der Waals surface area contributed by atoms with Crippen molar-refractivity contribution in [1.29, 1.82) is 0 Å². The van der Waals surface area contributed by atoms with Crippen molar-refractivity contribution < 1.29 is 17.6 Å². The van der Waals surface area contributed by atoms with Crippen molar-refractivity contribution in [3.8, 4) is 0 Å². The minimum atomic E-state index is -3.76. The van der Waals surface area contributed by atoms with E-state index < -0.39 is 10.0 Å². The first-order valence-corrected chi connectivity index (χ1v) is 13.1. The van der Waals surface area contributed by atoms with Gasteiger partial charge in [-0.1, -0.05) is 38.3 Å². The van der Waals surface area contributed by atoms with Gasteiger partial charge in [-0.3, -0.25) is 9.69 Å². The maximum absolute atomic E-state index is 13.2. The van der Waals surface area contributed by atoms with Gasteiger partial charge >= 0.3 is 0 Å². The summed E-state index contributed by atoms with van der Waals surface area (Å²) in [5.74, 6) is 0.423. The highest BCUT2D eigenvalue weighted by atomic mass is 35.5. The lowest BCUT2D eigenvalue weighted by atomic mass is 10.1. The first-order valence-electron chi connectivity index (χ1n) is 11.2. The van der Waals surface area contributed by atoms with Gasteiger partial charge in [-0.15, -0.1) is 0 Å². The van der Waals surface area contributed by atoms with Gasteiger partial charge in [0.25, 0.3) is 5.91 Å². The molecule has 0 aliphatic carbocycles. The Balaban J connectivity index is 1.78. The first kappa shape index (κ1) is 24.8. The molecule has 0 saturated carbocycles. The van der Waals surface area contributed by atoms with Gasteiger partial charge < -0.3 is 9.73 Å². The van der Waals surface area contributed by atoms with Crippen molar-refractivity contribution in [2.24, 2.45) is 0 Å². The Morgan fingerprint density at radius 1 is 1.16 bits per heavy atom. The predicted octanol–water partition coefficient (Wildman–Crippen LogP) is 4.31. The molecule has 1 aromatic heterocycles. The minimum Gasteiger partial charge on any atom is -0.468 e. The zero-order chi connectivity index (χ0) is 23.1. The molecule has 7 nitrogen and oxygen atoms in total. The molecule has 32 heavy (non-hydrogen) atoms. The molecule has 176 valence electrons. The molecule has 1 saturated heterocycles. The van der Waals surface area contributed by atoms with Crippen LogP contribution in [-0.2, 0) is 10.0 Å². The first-order chi connectivity index (χ1) is 15.4. The third-order valence-corrected chi connectivity index (χ3v) is 8.34. The van der Waals surface area contributed by atoms with Gasteiger partial charge in [0.1, 0.15) is 10.7 Å². The molecule has 9 heteroatoms. The number of carbonyl (C=O) groups excluding carboxylic acids is 1. The van der Waals surface area contributed by atoms with Crippen LogP contribution in [0, 0.1) is 0 Å². The predicted molar refractivity (Wildman–Crippen MR) is 125 cm³/mol. The number of halogens is 1. The van der Waals surface area contributed by atoms with Crippen LogP contribution in [0.3, 0.4) is 0 Å². The van der Waals surface area contributed by atoms with Gasteiger partial charge in [0, 0.05) is 25.2 Å². The normalized spacial score (nSPS) is 16.6. The Morgan fingerprint density at radius 3 is 2.44 bits per heavy atom. The van der Waals surface area contributed by atoms with E-state index in [0.29, 0.717) is 19.6 Å². The fraction of sp³-hybridized carbons (Fsp3) is 0.522. The highest BCUT2D eigenvalue weighted by molar-refractivity contribution is 7.89. The fourth-order valence-electron chi connectivity index (χ4n) is 4.11. The molecule has 2 aromatic rings. The van der Waals surface area contributed by atoms with E-state index in [0.717, 1.165) is 44.5 Å². The molecule has 1 atom stereocenters. The number of rotatable bonds is 9. The standard InChI is InChI=1S/C23H32ClN3O4S/c1-3-26(4-2)20(21-10-9-15-31-21)17-25-23(28)18-11-12-19(24)22(16-18)32(29,30)27-13-7-5-6-8-14-27/h9-12,15-16,20H,3-8,13-14,17H2,1-2H3,(H,25,28)/t20-/m0/s1. The topological polar surface area (TPSA) is 82.9 Å². The highest BCUT2D eigenvalue weighted by Crippen LogP contribution is 2.28. The summed E-state index contributed by atoms with van der Waals surface area (Å²) >= 11 is 6.26. The van der Waals surface area contributed by atoms with Gasteiger partial charge in [-0.25, -0.2) is 8.42 Å². The maximum atomic E-state index is 13.2. The number of hydrogen-bond donors (Lipinski definition) is 1. The van der Waals surface area contributed by atoms with Gasteiger partial charge in [-0.2, -0.15) is 4.31 Å². The second kappa shape index (κ2) is 11.3. The summed E-state index contributed by atoms with van der Waals surface area (Å²) in [6.07, 6.45) is 5.32. The number of furan rings is 1. The monoisotopic (exact) mass is 481 g/mol. The Kier molecular flexibility index (Phi) is 8.76. The number of hydrogen-bond acceptors (Lipinski definition) is 5. The summed E-state index contributed by atoms with van der Waals surface area (Å²) < 4.78 is 33.5. The van der Waals surface area contributed by atoms with Gasteiger partial charge in [0.05, 0.1) is 17.3 Å². The Labute approximate surface area is 195 Å². The molecule has 1 fully saturated rings. The third-order valence-electron chi connectivity index (χ3n) is 5.96. The van der Waals surface area contributed by atoms with E-state index in [-0.39, 0.29) is 27.4 Å². The number of nitrogens with one attached hydrogen (secondary N) is 1. The Bertz CT molecular complexity index is 983. The van der Waals surface area contributed by atoms with Crippen LogP contribution in [0.4, 0.5) is 0 Å². The lowest BCUT2D eigenvalue weighted by Crippen LogP contribution is -2.38. The van der Waals surface area contributed by atoms with Crippen LogP contribution in [0.15, 0.2) is 45.9 Å². The van der Waals surface area contributed by atoms with Crippen molar-refractivity contribution in [3.63, 3.8) is 0 Å². The van der Waals surface area contributed by atoms with Crippen molar-refractivity contribution in [3.05, 3.63) is 52.9 Å². The van der Waals surface area contributed by atoms with E-state index in [1.807, 2.05) is 12.1 Å². The smallest absolute Gasteiger partial charge is 0.251 e. The summed E-state index contributed by atoms with van der Waals surface area (Å²) in [5.41, 5.74) is 0.264. The number of nitrogens with zero attached hydrogens (tertiary/aromatic N) is 2. The molecule has 2 heterocycles. The van der Waals surface area contributed by atoms with Crippen LogP contribution in [0.25, 0.3) is 0 Å². The molecular weight excluding hydrogens is 450 g/mol. The average Bonchev–Trinajstić information content (AvgIpc) is 3.17. The van der Waals surface area contributed by atoms with Crippen LogP contribution in [0.2, 0.25) is 5.02 Å². The fourth-order valence-corrected chi connectivity index (χ4v) is 6.13. The Hall–Kier alpha value is -1.87. The van der Waals surface area contributed by atoms with Gasteiger partial charge in [-0.05, 0) is 56.3 Å². The molecular formula is C23H32ClN3O4S. The summed E-state index contributed by atoms with van der Waals surface area (Å²) in [7, 11) is -3.76. The quantitative estimate of drug-likeness (QED) is 0.577. The number of benzene rings is 1. The van der Waals surface area contributed by atoms with E-state index in [1.54, 1.807) is 12.3 Å². The van der Waals surface area contributed by atoms with Gasteiger partial charge in [0.2, 0.25) is 10.0 Å². The zero-order valence-corrected chi connectivity index (χ0v) is 20.3. The number of amides is 1. The highest BCUT2D eigenvalue weighted by Gasteiger charge is 2.28. The van der Waals surface area contributed by atoms with Gasteiger partial charge in [0.15, 0.2) is 0 Å². The lowest BCUT2D eigenvalue weighted by Gasteiger charge is -2.28. The molecule has 0 radical (unpaired) electrons. The van der Waals surface area contributed by atoms with E-state index in [4.69, 9.17) is 16.0 Å². The maximum Gasteiger partial charge on any atom is 0.251 e. The average molecular weight is 482 g/mol. The van der Waals surface area contributed by atoms with Crippen LogP contribution in [0.1, 0.15) is 61.7 Å². The SMILES string of the molecule is CCN(CC)[C@@H](CNC(=O)c1ccc(Cl)c(S(=O)(=O)N2CCCCCC2)c1)c1ccco1. The third kappa shape index (κ3) is 5.73. The largest absolute Gasteiger partial charge is 0.468 e. The number of sulfonamides is 1. The number of carbonyl (C=O) groups is 1. The van der Waals surface area contributed by atoms with E-state index >= 15 is 0 Å². The molecule has 0 unspecified atom stereocenters. The molecule has 3 rings (SSSR count). The minimum absolute atomic E-state index is 0.0138. The van der Waals surface area contributed by atoms with E-state index in [9.17, 15) is 13.2 Å². The zero-order valence-electron chi connectivity index (χ0n) is 18.7. The van der Waals surface area contributed by atoms with Crippen molar-refractivity contribution in [2.45, 2.75) is 50.5 Å². The second-order valence-corrected chi connectivity index (χ2v) is 10.2. The van der Waals surface area contributed by atoms with E-state index in [1.165, 1.54) is 16.4 Å². The molecule has 1 aliphatic rings. The van der Waals surface area contributed by atoms with Crippen LogP contribution < -0.4 is 5.32 Å². The Morgan fingerprint density at radius 2 is 1.84 bits per heavy atom. The molecule has 1 N–H and O–H groups in total.